The maximum absolute atomic E-state index is 13.6. The zero-order valence-corrected chi connectivity index (χ0v) is 21.3. The van der Waals surface area contributed by atoms with Crippen LogP contribution in [0, 0.1) is 0 Å². The van der Waals surface area contributed by atoms with E-state index in [9.17, 15) is 18.0 Å². The van der Waals surface area contributed by atoms with Crippen LogP contribution in [0.3, 0.4) is 0 Å². The quantitative estimate of drug-likeness (QED) is 0.455. The molecule has 1 aromatic heterocycles. The molecule has 2 heterocycles. The van der Waals surface area contributed by atoms with Crippen molar-refractivity contribution in [1.82, 2.24) is 14.9 Å². The number of carbonyl (C=O) groups is 2. The second-order valence-electron chi connectivity index (χ2n) is 8.27. The number of rotatable bonds is 8. The third kappa shape index (κ3) is 6.29. The van der Waals surface area contributed by atoms with E-state index in [4.69, 9.17) is 11.6 Å². The van der Waals surface area contributed by atoms with Crippen LogP contribution >= 0.6 is 22.9 Å². The van der Waals surface area contributed by atoms with E-state index in [0.717, 1.165) is 17.7 Å². The van der Waals surface area contributed by atoms with Gasteiger partial charge in [0.05, 0.1) is 11.4 Å². The summed E-state index contributed by atoms with van der Waals surface area (Å²) in [5.41, 5.74) is 1.15. The normalized spacial score (nSPS) is 16.5. The van der Waals surface area contributed by atoms with E-state index in [1.165, 1.54) is 28.6 Å². The lowest BCUT2D eigenvalue weighted by molar-refractivity contribution is -0.124. The minimum absolute atomic E-state index is 0.000140. The number of thiophene rings is 1. The van der Waals surface area contributed by atoms with Crippen molar-refractivity contribution in [3.8, 4) is 0 Å². The van der Waals surface area contributed by atoms with Crippen LogP contribution in [-0.4, -0.2) is 37.1 Å². The molecule has 1 aliphatic heterocycles. The van der Waals surface area contributed by atoms with Crippen LogP contribution in [0.15, 0.2) is 70.9 Å². The minimum Gasteiger partial charge on any atom is -0.355 e. The van der Waals surface area contributed by atoms with Crippen LogP contribution in [0.25, 0.3) is 0 Å². The van der Waals surface area contributed by atoms with Crippen LogP contribution in [-0.2, 0) is 27.9 Å². The van der Waals surface area contributed by atoms with E-state index in [1.54, 1.807) is 35.6 Å². The SMILES string of the molecule is O=C(NCc1cccs1)c1ccc(CN([C@@H]2CCCCNC2=O)S(=O)(=O)c2ccc(Cl)cc2)cc1. The molecule has 0 bridgehead atoms. The predicted octanol–water partition coefficient (Wildman–Crippen LogP) is 4.19. The number of sulfonamides is 1. The number of hydrogen-bond donors (Lipinski definition) is 2. The number of hydrogen-bond acceptors (Lipinski definition) is 5. The number of benzene rings is 2. The molecular formula is C25H26ClN3O4S2. The molecule has 4 rings (SSSR count). The standard InChI is InChI=1S/C25H26ClN3O4S2/c26-20-10-12-22(13-11-20)35(32,33)29(23-5-1-2-14-27-25(23)31)17-18-6-8-19(9-7-18)24(30)28-16-21-4-3-15-34-21/h3-4,6-13,15,23H,1-2,5,14,16-17H2,(H,27,31)(H,28,30)/t23-/m1/s1. The van der Waals surface area contributed by atoms with Gasteiger partial charge in [-0.1, -0.05) is 29.8 Å². The average molecular weight is 532 g/mol. The molecule has 0 unspecified atom stereocenters. The first-order valence-corrected chi connectivity index (χ1v) is 14.0. The molecule has 3 aromatic rings. The largest absolute Gasteiger partial charge is 0.355 e. The highest BCUT2D eigenvalue weighted by Gasteiger charge is 2.36. The molecule has 184 valence electrons. The molecule has 2 N–H and O–H groups in total. The minimum atomic E-state index is -3.99. The Balaban J connectivity index is 1.56. The van der Waals surface area contributed by atoms with Crippen LogP contribution in [0.1, 0.15) is 40.1 Å². The summed E-state index contributed by atoms with van der Waals surface area (Å²) in [5.74, 6) is -0.511. The van der Waals surface area contributed by atoms with Crippen molar-refractivity contribution < 1.29 is 18.0 Å². The Bertz CT molecular complexity index is 1260. The molecule has 2 aromatic carbocycles. The Labute approximate surface area is 214 Å². The molecule has 1 saturated heterocycles. The molecule has 1 fully saturated rings. The Kier molecular flexibility index (Phi) is 8.22. The van der Waals surface area contributed by atoms with Gasteiger partial charge in [-0.3, -0.25) is 9.59 Å². The zero-order valence-electron chi connectivity index (χ0n) is 18.9. The third-order valence-corrected chi connectivity index (χ3v) is 8.83. The fraction of sp³-hybridized carbons (Fsp3) is 0.280. The highest BCUT2D eigenvalue weighted by molar-refractivity contribution is 7.89. The third-order valence-electron chi connectivity index (χ3n) is 5.83. The molecule has 10 heteroatoms. The average Bonchev–Trinajstić information content (AvgIpc) is 3.29. The maximum atomic E-state index is 13.6. The van der Waals surface area contributed by atoms with Gasteiger partial charge in [0.1, 0.15) is 6.04 Å². The first kappa shape index (κ1) is 25.4. The summed E-state index contributed by atoms with van der Waals surface area (Å²) in [6, 6.07) is 15.8. The van der Waals surface area contributed by atoms with Crippen molar-refractivity contribution >= 4 is 44.8 Å². The van der Waals surface area contributed by atoms with Crippen molar-refractivity contribution in [2.24, 2.45) is 0 Å². The van der Waals surface area contributed by atoms with Crippen LogP contribution in [0.2, 0.25) is 5.02 Å². The first-order valence-electron chi connectivity index (χ1n) is 11.3. The van der Waals surface area contributed by atoms with Gasteiger partial charge in [0.25, 0.3) is 5.91 Å². The van der Waals surface area contributed by atoms with Gasteiger partial charge in [-0.05, 0) is 72.7 Å². The number of halogens is 1. The Morgan fingerprint density at radius 3 is 2.51 bits per heavy atom. The molecule has 0 spiro atoms. The summed E-state index contributed by atoms with van der Waals surface area (Å²) in [4.78, 5) is 26.4. The molecule has 0 radical (unpaired) electrons. The van der Waals surface area contributed by atoms with E-state index in [0.29, 0.717) is 35.7 Å². The topological polar surface area (TPSA) is 95.6 Å². The van der Waals surface area contributed by atoms with Crippen molar-refractivity contribution in [3.05, 3.63) is 87.1 Å². The lowest BCUT2D eigenvalue weighted by Crippen LogP contribution is -2.48. The van der Waals surface area contributed by atoms with Crippen molar-refractivity contribution in [1.29, 1.82) is 0 Å². The predicted molar refractivity (Wildman–Crippen MR) is 137 cm³/mol. The van der Waals surface area contributed by atoms with Crippen molar-refractivity contribution in [2.75, 3.05) is 6.54 Å². The van der Waals surface area contributed by atoms with Gasteiger partial charge in [0, 0.05) is 28.6 Å². The Morgan fingerprint density at radius 2 is 1.83 bits per heavy atom. The van der Waals surface area contributed by atoms with Crippen LogP contribution in [0.4, 0.5) is 0 Å². The van der Waals surface area contributed by atoms with Gasteiger partial charge in [-0.15, -0.1) is 11.3 Å². The smallest absolute Gasteiger partial charge is 0.251 e. The summed E-state index contributed by atoms with van der Waals surface area (Å²) >= 11 is 7.52. The van der Waals surface area contributed by atoms with Crippen molar-refractivity contribution in [2.45, 2.75) is 43.3 Å². The molecule has 7 nitrogen and oxygen atoms in total. The second kappa shape index (κ2) is 11.3. The van der Waals surface area contributed by atoms with Gasteiger partial charge in [0.15, 0.2) is 0 Å². The van der Waals surface area contributed by atoms with Crippen LogP contribution in [0.5, 0.6) is 0 Å². The molecule has 1 atom stereocenters. The maximum Gasteiger partial charge on any atom is 0.251 e. The Morgan fingerprint density at radius 1 is 1.09 bits per heavy atom. The number of nitrogens with zero attached hydrogens (tertiary/aromatic N) is 1. The van der Waals surface area contributed by atoms with Gasteiger partial charge in [0.2, 0.25) is 15.9 Å². The van der Waals surface area contributed by atoms with Crippen molar-refractivity contribution in [3.63, 3.8) is 0 Å². The van der Waals surface area contributed by atoms with Gasteiger partial charge < -0.3 is 10.6 Å². The number of amides is 2. The van der Waals surface area contributed by atoms with E-state index in [-0.39, 0.29) is 23.3 Å². The summed E-state index contributed by atoms with van der Waals surface area (Å²) in [6.07, 6.45) is 1.97. The highest BCUT2D eigenvalue weighted by Crippen LogP contribution is 2.26. The molecule has 2 amide bonds. The second-order valence-corrected chi connectivity index (χ2v) is 11.6. The van der Waals surface area contributed by atoms with Gasteiger partial charge in [-0.25, -0.2) is 8.42 Å². The fourth-order valence-electron chi connectivity index (χ4n) is 3.93. The first-order chi connectivity index (χ1) is 16.8. The van der Waals surface area contributed by atoms with Gasteiger partial charge in [-0.2, -0.15) is 4.31 Å². The summed E-state index contributed by atoms with van der Waals surface area (Å²) in [6.45, 7) is 0.974. The monoisotopic (exact) mass is 531 g/mol. The summed E-state index contributed by atoms with van der Waals surface area (Å²) in [5, 5.41) is 8.08. The van der Waals surface area contributed by atoms with E-state index in [2.05, 4.69) is 10.6 Å². The summed E-state index contributed by atoms with van der Waals surface area (Å²) < 4.78 is 28.5. The Hall–Kier alpha value is -2.72. The highest BCUT2D eigenvalue weighted by atomic mass is 35.5. The molecule has 0 saturated carbocycles. The lowest BCUT2D eigenvalue weighted by atomic mass is 10.1. The van der Waals surface area contributed by atoms with E-state index >= 15 is 0 Å². The number of carbonyl (C=O) groups excluding carboxylic acids is 2. The molecule has 35 heavy (non-hydrogen) atoms. The summed E-state index contributed by atoms with van der Waals surface area (Å²) in [7, 11) is -3.99. The zero-order chi connectivity index (χ0) is 24.8. The van der Waals surface area contributed by atoms with Crippen LogP contribution < -0.4 is 10.6 Å². The molecular weight excluding hydrogens is 506 g/mol. The molecule has 1 aliphatic rings. The van der Waals surface area contributed by atoms with Gasteiger partial charge >= 0.3 is 0 Å². The van der Waals surface area contributed by atoms with E-state index < -0.39 is 16.1 Å². The fourth-order valence-corrected chi connectivity index (χ4v) is 6.30. The number of nitrogens with one attached hydrogen (secondary N) is 2. The lowest BCUT2D eigenvalue weighted by Gasteiger charge is -2.29. The van der Waals surface area contributed by atoms with E-state index in [1.807, 2.05) is 17.5 Å². The molecule has 0 aliphatic carbocycles.